The lowest BCUT2D eigenvalue weighted by molar-refractivity contribution is -0.139. The number of aliphatic carboxylic acids is 1. The first-order valence-electron chi connectivity index (χ1n) is 6.39. The van der Waals surface area contributed by atoms with Gasteiger partial charge in [0, 0.05) is 17.2 Å². The number of nitrogens with zero attached hydrogens (tertiary/aromatic N) is 2. The van der Waals surface area contributed by atoms with Gasteiger partial charge in [-0.25, -0.2) is 9.97 Å². The van der Waals surface area contributed by atoms with Crippen LogP contribution in [0.5, 0.6) is 0 Å². The zero-order valence-corrected chi connectivity index (χ0v) is 12.2. The van der Waals surface area contributed by atoms with E-state index < -0.39 is 12.0 Å². The van der Waals surface area contributed by atoms with Crippen LogP contribution >= 0.6 is 11.8 Å². The standard InChI is InChI=1S/C14H17N3O2S/c1-9(2)17-12(14(18)19)7-20-13-10-5-3-4-6-11(10)15-8-16-13/h3-6,8-9,12,17H,7H2,1-2H3,(H,18,19). The minimum atomic E-state index is -0.843. The molecule has 1 atom stereocenters. The van der Waals surface area contributed by atoms with E-state index in [0.29, 0.717) is 5.75 Å². The SMILES string of the molecule is CC(C)NC(CSc1ncnc2ccccc12)C(=O)O. The van der Waals surface area contributed by atoms with Crippen molar-refractivity contribution in [2.75, 3.05) is 5.75 Å². The zero-order valence-electron chi connectivity index (χ0n) is 11.4. The van der Waals surface area contributed by atoms with Gasteiger partial charge in [-0.2, -0.15) is 0 Å². The summed E-state index contributed by atoms with van der Waals surface area (Å²) in [7, 11) is 0. The van der Waals surface area contributed by atoms with Crippen LogP contribution in [0.1, 0.15) is 13.8 Å². The smallest absolute Gasteiger partial charge is 0.321 e. The van der Waals surface area contributed by atoms with Crippen molar-refractivity contribution in [1.82, 2.24) is 15.3 Å². The number of fused-ring (bicyclic) bond motifs is 1. The molecule has 0 aliphatic rings. The number of para-hydroxylation sites is 1. The summed E-state index contributed by atoms with van der Waals surface area (Å²) in [6.45, 7) is 3.86. The fourth-order valence-electron chi connectivity index (χ4n) is 1.85. The second kappa shape index (κ2) is 6.67. The molecule has 1 heterocycles. The molecule has 0 spiro atoms. The van der Waals surface area contributed by atoms with Crippen LogP contribution in [-0.2, 0) is 4.79 Å². The summed E-state index contributed by atoms with van der Waals surface area (Å²) in [4.78, 5) is 19.7. The normalized spacial score (nSPS) is 12.8. The highest BCUT2D eigenvalue weighted by molar-refractivity contribution is 7.99. The van der Waals surface area contributed by atoms with Gasteiger partial charge in [0.2, 0.25) is 0 Å². The Bertz CT molecular complexity index is 598. The van der Waals surface area contributed by atoms with Crippen molar-refractivity contribution in [3.05, 3.63) is 30.6 Å². The van der Waals surface area contributed by atoms with Gasteiger partial charge >= 0.3 is 5.97 Å². The van der Waals surface area contributed by atoms with Crippen LogP contribution in [0.25, 0.3) is 10.9 Å². The van der Waals surface area contributed by atoms with Gasteiger partial charge in [0.15, 0.2) is 0 Å². The third-order valence-electron chi connectivity index (χ3n) is 2.73. The van der Waals surface area contributed by atoms with Gasteiger partial charge in [0.25, 0.3) is 0 Å². The van der Waals surface area contributed by atoms with Crippen LogP contribution < -0.4 is 5.32 Å². The molecule has 0 radical (unpaired) electrons. The second-order valence-corrected chi connectivity index (χ2v) is 5.73. The van der Waals surface area contributed by atoms with Crippen molar-refractivity contribution in [1.29, 1.82) is 0 Å². The number of benzene rings is 1. The number of aromatic nitrogens is 2. The molecule has 6 heteroatoms. The summed E-state index contributed by atoms with van der Waals surface area (Å²) in [6.07, 6.45) is 1.51. The van der Waals surface area contributed by atoms with Crippen molar-refractivity contribution in [2.45, 2.75) is 31.0 Å². The van der Waals surface area contributed by atoms with Crippen molar-refractivity contribution in [3.63, 3.8) is 0 Å². The maximum Gasteiger partial charge on any atom is 0.321 e. The summed E-state index contributed by atoms with van der Waals surface area (Å²) in [5.74, 6) is -0.418. The van der Waals surface area contributed by atoms with Crippen molar-refractivity contribution in [2.24, 2.45) is 0 Å². The molecule has 1 aromatic heterocycles. The predicted molar refractivity (Wildman–Crippen MR) is 80.0 cm³/mol. The summed E-state index contributed by atoms with van der Waals surface area (Å²) in [5.41, 5.74) is 0.869. The summed E-state index contributed by atoms with van der Waals surface area (Å²) >= 11 is 1.43. The number of nitrogens with one attached hydrogen (secondary N) is 1. The summed E-state index contributed by atoms with van der Waals surface area (Å²) < 4.78 is 0. The number of thioether (sulfide) groups is 1. The molecule has 5 nitrogen and oxygen atoms in total. The highest BCUT2D eigenvalue weighted by Crippen LogP contribution is 2.24. The topological polar surface area (TPSA) is 75.1 Å². The molecule has 0 saturated heterocycles. The Morgan fingerprint density at radius 3 is 2.80 bits per heavy atom. The van der Waals surface area contributed by atoms with Crippen LogP contribution in [0.4, 0.5) is 0 Å². The van der Waals surface area contributed by atoms with Gasteiger partial charge in [0.05, 0.1) is 5.52 Å². The van der Waals surface area contributed by atoms with E-state index >= 15 is 0 Å². The van der Waals surface area contributed by atoms with E-state index in [1.54, 1.807) is 0 Å². The molecule has 0 amide bonds. The number of rotatable bonds is 6. The average molecular weight is 291 g/mol. The molecule has 106 valence electrons. The van der Waals surface area contributed by atoms with Gasteiger partial charge in [0.1, 0.15) is 17.4 Å². The second-order valence-electron chi connectivity index (χ2n) is 4.72. The molecule has 2 aromatic rings. The van der Waals surface area contributed by atoms with Gasteiger partial charge in [-0.05, 0) is 6.07 Å². The molecule has 0 saturated carbocycles. The van der Waals surface area contributed by atoms with Crippen molar-refractivity contribution >= 4 is 28.6 Å². The van der Waals surface area contributed by atoms with E-state index in [1.807, 2.05) is 38.1 Å². The number of carbonyl (C=O) groups is 1. The Hall–Kier alpha value is -1.66. The van der Waals surface area contributed by atoms with Crippen molar-refractivity contribution in [3.8, 4) is 0 Å². The largest absolute Gasteiger partial charge is 0.480 e. The molecule has 0 aliphatic heterocycles. The van der Waals surface area contributed by atoms with E-state index in [2.05, 4.69) is 15.3 Å². The third kappa shape index (κ3) is 3.68. The maximum atomic E-state index is 11.2. The van der Waals surface area contributed by atoms with Crippen LogP contribution in [-0.4, -0.2) is 38.9 Å². The Morgan fingerprint density at radius 1 is 1.35 bits per heavy atom. The lowest BCUT2D eigenvalue weighted by Crippen LogP contribution is -2.42. The molecule has 1 aromatic carbocycles. The highest BCUT2D eigenvalue weighted by Gasteiger charge is 2.19. The molecule has 2 N–H and O–H groups in total. The first kappa shape index (κ1) is 14.7. The molecule has 1 unspecified atom stereocenters. The summed E-state index contributed by atoms with van der Waals surface area (Å²) in [5, 5.41) is 14.0. The monoisotopic (exact) mass is 291 g/mol. The van der Waals surface area contributed by atoms with Gasteiger partial charge in [-0.15, -0.1) is 11.8 Å². The molecular formula is C14H17N3O2S. The van der Waals surface area contributed by atoms with E-state index in [9.17, 15) is 9.90 Å². The Morgan fingerprint density at radius 2 is 2.10 bits per heavy atom. The van der Waals surface area contributed by atoms with Gasteiger partial charge in [-0.1, -0.05) is 32.0 Å². The lowest BCUT2D eigenvalue weighted by Gasteiger charge is -2.16. The number of carboxylic acids is 1. The van der Waals surface area contributed by atoms with Crippen LogP contribution in [0.15, 0.2) is 35.6 Å². The van der Waals surface area contributed by atoms with E-state index in [-0.39, 0.29) is 6.04 Å². The Kier molecular flexibility index (Phi) is 4.92. The summed E-state index contributed by atoms with van der Waals surface area (Å²) in [6, 6.07) is 7.25. The Labute approximate surface area is 121 Å². The van der Waals surface area contributed by atoms with E-state index in [1.165, 1.54) is 18.1 Å². The van der Waals surface area contributed by atoms with Gasteiger partial charge in [-0.3, -0.25) is 4.79 Å². The molecule has 20 heavy (non-hydrogen) atoms. The molecule has 0 aliphatic carbocycles. The van der Waals surface area contributed by atoms with E-state index in [0.717, 1.165) is 15.9 Å². The quantitative estimate of drug-likeness (QED) is 0.627. The lowest BCUT2D eigenvalue weighted by atomic mass is 10.2. The molecule has 0 bridgehead atoms. The van der Waals surface area contributed by atoms with Gasteiger partial charge < -0.3 is 10.4 Å². The predicted octanol–water partition coefficient (Wildman–Crippen LogP) is 2.17. The molecular weight excluding hydrogens is 274 g/mol. The first-order valence-corrected chi connectivity index (χ1v) is 7.38. The first-order chi connectivity index (χ1) is 9.58. The minimum Gasteiger partial charge on any atom is -0.480 e. The molecule has 0 fully saturated rings. The fourth-order valence-corrected chi connectivity index (χ4v) is 2.86. The maximum absolute atomic E-state index is 11.2. The zero-order chi connectivity index (χ0) is 14.5. The molecule has 2 rings (SSSR count). The highest BCUT2D eigenvalue weighted by atomic mass is 32.2. The average Bonchev–Trinajstić information content (AvgIpc) is 2.42. The third-order valence-corrected chi connectivity index (χ3v) is 3.82. The fraction of sp³-hybridized carbons (Fsp3) is 0.357. The Balaban J connectivity index is 2.13. The van der Waals surface area contributed by atoms with E-state index in [4.69, 9.17) is 0 Å². The number of carboxylic acid groups (broad SMARTS) is 1. The van der Waals surface area contributed by atoms with Crippen molar-refractivity contribution < 1.29 is 9.90 Å². The number of hydrogen-bond acceptors (Lipinski definition) is 5. The van der Waals surface area contributed by atoms with Crippen LogP contribution in [0, 0.1) is 0 Å². The van der Waals surface area contributed by atoms with Crippen LogP contribution in [0.3, 0.4) is 0 Å². The van der Waals surface area contributed by atoms with Crippen LogP contribution in [0.2, 0.25) is 0 Å². The number of hydrogen-bond donors (Lipinski definition) is 2. The minimum absolute atomic E-state index is 0.124.